The number of nitrogens with zero attached hydrogens (tertiary/aromatic N) is 4. The lowest BCUT2D eigenvalue weighted by Crippen LogP contribution is -2.45. The number of aromatic nitrogens is 1. The van der Waals surface area contributed by atoms with Crippen molar-refractivity contribution in [3.8, 4) is 0 Å². The van der Waals surface area contributed by atoms with Crippen LogP contribution < -0.4 is 0 Å². The average molecular weight is 382 g/mol. The van der Waals surface area contributed by atoms with Crippen molar-refractivity contribution in [1.29, 1.82) is 0 Å². The molecule has 2 fully saturated rings. The van der Waals surface area contributed by atoms with Crippen molar-refractivity contribution in [2.24, 2.45) is 0 Å². The molecule has 1 aromatic heterocycles. The highest BCUT2D eigenvalue weighted by molar-refractivity contribution is 7.86. The zero-order chi connectivity index (χ0) is 18.7. The number of hydrogen-bond donors (Lipinski definition) is 0. The molecule has 2 saturated heterocycles. The number of hydrogen-bond acceptors (Lipinski definition) is 5. The lowest BCUT2D eigenvalue weighted by atomic mass is 9.92. The molecule has 1 amide bonds. The van der Waals surface area contributed by atoms with E-state index in [9.17, 15) is 13.2 Å². The topological polar surface area (TPSA) is 83.1 Å². The third kappa shape index (κ3) is 3.90. The van der Waals surface area contributed by atoms with Crippen LogP contribution in [-0.2, 0) is 14.9 Å². The lowest BCUT2D eigenvalue weighted by molar-refractivity contribution is 0.0301. The van der Waals surface area contributed by atoms with Gasteiger partial charge in [0, 0.05) is 52.4 Å². The maximum atomic E-state index is 12.9. The summed E-state index contributed by atoms with van der Waals surface area (Å²) in [6.45, 7) is 3.06. The van der Waals surface area contributed by atoms with Crippen LogP contribution in [0.1, 0.15) is 34.8 Å². The molecule has 3 rings (SSSR count). The van der Waals surface area contributed by atoms with Gasteiger partial charge in [-0.15, -0.1) is 0 Å². The molecule has 2 aliphatic rings. The van der Waals surface area contributed by atoms with E-state index in [1.807, 2.05) is 0 Å². The van der Waals surface area contributed by atoms with Crippen LogP contribution in [-0.4, -0.2) is 86.3 Å². The van der Waals surface area contributed by atoms with Crippen LogP contribution in [0.5, 0.6) is 0 Å². The summed E-state index contributed by atoms with van der Waals surface area (Å²) in [5.41, 5.74) is 1.27. The highest BCUT2D eigenvalue weighted by Crippen LogP contribution is 2.30. The number of morpholine rings is 1. The van der Waals surface area contributed by atoms with E-state index in [4.69, 9.17) is 4.74 Å². The summed E-state index contributed by atoms with van der Waals surface area (Å²) in [7, 11) is -0.398. The van der Waals surface area contributed by atoms with Gasteiger partial charge >= 0.3 is 0 Å². The standard InChI is InChI=1S/C17H26N4O4S/c1-19(2)26(23,24)21-8-4-5-14(13-21)16-15(6-3-7-18-16)17(22)20-9-11-25-12-10-20/h3,6-7,14H,4-5,8-13H2,1-2H3. The second-order valence-electron chi connectivity index (χ2n) is 6.83. The van der Waals surface area contributed by atoms with Gasteiger partial charge in [0.2, 0.25) is 0 Å². The molecule has 9 heteroatoms. The van der Waals surface area contributed by atoms with Gasteiger partial charge in [0.1, 0.15) is 0 Å². The molecule has 2 aliphatic heterocycles. The van der Waals surface area contributed by atoms with Crippen molar-refractivity contribution < 1.29 is 17.9 Å². The number of amides is 1. The van der Waals surface area contributed by atoms with E-state index in [0.29, 0.717) is 50.7 Å². The van der Waals surface area contributed by atoms with Gasteiger partial charge in [-0.05, 0) is 25.0 Å². The van der Waals surface area contributed by atoms with Crippen molar-refractivity contribution in [1.82, 2.24) is 18.5 Å². The van der Waals surface area contributed by atoms with E-state index in [1.54, 1.807) is 23.2 Å². The first-order valence-corrected chi connectivity index (χ1v) is 10.3. The first-order chi connectivity index (χ1) is 12.4. The monoisotopic (exact) mass is 382 g/mol. The van der Waals surface area contributed by atoms with Crippen molar-refractivity contribution in [2.75, 3.05) is 53.5 Å². The Bertz CT molecular complexity index is 747. The van der Waals surface area contributed by atoms with Crippen LogP contribution in [0.2, 0.25) is 0 Å². The minimum absolute atomic E-state index is 0.0519. The van der Waals surface area contributed by atoms with E-state index < -0.39 is 10.2 Å². The largest absolute Gasteiger partial charge is 0.378 e. The number of pyridine rings is 1. The van der Waals surface area contributed by atoms with Crippen LogP contribution in [0.25, 0.3) is 0 Å². The van der Waals surface area contributed by atoms with E-state index in [-0.39, 0.29) is 11.8 Å². The summed E-state index contributed by atoms with van der Waals surface area (Å²) >= 11 is 0. The summed E-state index contributed by atoms with van der Waals surface area (Å²) < 4.78 is 33.0. The van der Waals surface area contributed by atoms with Crippen molar-refractivity contribution in [3.63, 3.8) is 0 Å². The summed E-state index contributed by atoms with van der Waals surface area (Å²) in [6, 6.07) is 3.55. The SMILES string of the molecule is CN(C)S(=O)(=O)N1CCCC(c2ncccc2C(=O)N2CCOCC2)C1. The Hall–Kier alpha value is -1.55. The molecular formula is C17H26N4O4S. The molecule has 1 unspecified atom stereocenters. The summed E-state index contributed by atoms with van der Waals surface area (Å²) in [5, 5.41) is 0. The van der Waals surface area contributed by atoms with Gasteiger partial charge in [0.15, 0.2) is 0 Å². The molecule has 0 saturated carbocycles. The molecule has 26 heavy (non-hydrogen) atoms. The Labute approximate surface area is 154 Å². The summed E-state index contributed by atoms with van der Waals surface area (Å²) in [5.74, 6) is -0.136. The molecule has 0 aromatic carbocycles. The molecule has 0 bridgehead atoms. The Balaban J connectivity index is 1.84. The van der Waals surface area contributed by atoms with Gasteiger partial charge in [0.25, 0.3) is 16.1 Å². The molecule has 0 radical (unpaired) electrons. The van der Waals surface area contributed by atoms with Crippen LogP contribution in [0.15, 0.2) is 18.3 Å². The minimum atomic E-state index is -3.47. The predicted molar refractivity (Wildman–Crippen MR) is 97.1 cm³/mol. The maximum absolute atomic E-state index is 12.9. The maximum Gasteiger partial charge on any atom is 0.281 e. The Morgan fingerprint density at radius 2 is 2.00 bits per heavy atom. The molecule has 8 nitrogen and oxygen atoms in total. The van der Waals surface area contributed by atoms with Crippen LogP contribution >= 0.6 is 0 Å². The Kier molecular flexibility index (Phi) is 5.91. The quantitative estimate of drug-likeness (QED) is 0.759. The van der Waals surface area contributed by atoms with Crippen molar-refractivity contribution >= 4 is 16.1 Å². The molecule has 0 spiro atoms. The first kappa shape index (κ1) is 19.2. The highest BCUT2D eigenvalue weighted by Gasteiger charge is 2.33. The summed E-state index contributed by atoms with van der Waals surface area (Å²) in [6.07, 6.45) is 3.24. The van der Waals surface area contributed by atoms with Crippen LogP contribution in [0.4, 0.5) is 0 Å². The highest BCUT2D eigenvalue weighted by atomic mass is 32.2. The zero-order valence-corrected chi connectivity index (χ0v) is 16.1. The Morgan fingerprint density at radius 3 is 2.69 bits per heavy atom. The van der Waals surface area contributed by atoms with E-state index in [0.717, 1.165) is 12.8 Å². The molecule has 1 atom stereocenters. The van der Waals surface area contributed by atoms with Crippen LogP contribution in [0, 0.1) is 0 Å². The van der Waals surface area contributed by atoms with Crippen molar-refractivity contribution in [3.05, 3.63) is 29.6 Å². The van der Waals surface area contributed by atoms with Gasteiger partial charge < -0.3 is 9.64 Å². The minimum Gasteiger partial charge on any atom is -0.378 e. The van der Waals surface area contributed by atoms with Gasteiger partial charge in [-0.3, -0.25) is 9.78 Å². The molecule has 144 valence electrons. The fourth-order valence-corrected chi connectivity index (χ4v) is 4.66. The fourth-order valence-electron chi connectivity index (χ4n) is 3.47. The predicted octanol–water partition coefficient (Wildman–Crippen LogP) is 0.540. The normalized spacial score (nSPS) is 22.6. The van der Waals surface area contributed by atoms with E-state index in [2.05, 4.69) is 4.98 Å². The molecule has 0 aliphatic carbocycles. The third-order valence-electron chi connectivity index (χ3n) is 4.93. The van der Waals surface area contributed by atoms with Crippen molar-refractivity contribution in [2.45, 2.75) is 18.8 Å². The number of ether oxygens (including phenoxy) is 1. The molecule has 3 heterocycles. The second-order valence-corrected chi connectivity index (χ2v) is 8.97. The van der Waals surface area contributed by atoms with E-state index >= 15 is 0 Å². The zero-order valence-electron chi connectivity index (χ0n) is 15.3. The summed E-state index contributed by atoms with van der Waals surface area (Å²) in [4.78, 5) is 19.2. The third-order valence-corrected chi connectivity index (χ3v) is 6.83. The Morgan fingerprint density at radius 1 is 1.27 bits per heavy atom. The second kappa shape index (κ2) is 7.99. The average Bonchev–Trinajstić information content (AvgIpc) is 2.68. The van der Waals surface area contributed by atoms with Gasteiger partial charge in [0.05, 0.1) is 24.5 Å². The fraction of sp³-hybridized carbons (Fsp3) is 0.647. The number of piperidine rings is 1. The number of rotatable bonds is 4. The lowest BCUT2D eigenvalue weighted by Gasteiger charge is -2.34. The van der Waals surface area contributed by atoms with Crippen LogP contribution in [0.3, 0.4) is 0 Å². The molecule has 1 aromatic rings. The van der Waals surface area contributed by atoms with Gasteiger partial charge in [-0.2, -0.15) is 17.0 Å². The van der Waals surface area contributed by atoms with Gasteiger partial charge in [-0.25, -0.2) is 0 Å². The number of carbonyl (C=O) groups excluding carboxylic acids is 1. The molecule has 0 N–H and O–H groups in total. The molecular weight excluding hydrogens is 356 g/mol. The smallest absolute Gasteiger partial charge is 0.281 e. The van der Waals surface area contributed by atoms with Gasteiger partial charge in [-0.1, -0.05) is 0 Å². The first-order valence-electron chi connectivity index (χ1n) is 8.91. The number of carbonyl (C=O) groups is 1. The van der Waals surface area contributed by atoms with E-state index in [1.165, 1.54) is 22.7 Å².